The van der Waals surface area contributed by atoms with E-state index in [1.54, 1.807) is 0 Å². The van der Waals surface area contributed by atoms with Crippen molar-refractivity contribution in [3.8, 4) is 0 Å². The van der Waals surface area contributed by atoms with Gasteiger partial charge in [0.25, 0.3) is 0 Å². The average molecular weight is 469 g/mol. The van der Waals surface area contributed by atoms with Crippen LogP contribution in [0.15, 0.2) is 18.3 Å². The fourth-order valence-electron chi connectivity index (χ4n) is 3.07. The predicted octanol–water partition coefficient (Wildman–Crippen LogP) is 2.25. The molecule has 1 aromatic heterocycles. The minimum atomic E-state index is -4.42. The van der Waals surface area contributed by atoms with E-state index in [0.29, 0.717) is 43.9 Å². The van der Waals surface area contributed by atoms with Gasteiger partial charge in [0.15, 0.2) is 0 Å². The summed E-state index contributed by atoms with van der Waals surface area (Å²) in [5.74, 6) is 0.644. The maximum absolute atomic E-state index is 12.7. The molecule has 0 aliphatic carbocycles. The largest absolute Gasteiger partial charge is 0.417 e. The summed E-state index contributed by atoms with van der Waals surface area (Å²) < 4.78 is 64.2. The van der Waals surface area contributed by atoms with Gasteiger partial charge in [-0.25, -0.2) is 18.1 Å². The maximum atomic E-state index is 12.7. The Balaban J connectivity index is 1.91. The molecule has 2 rings (SSSR count). The lowest BCUT2D eigenvalue weighted by atomic mass is 10.0. The molecule has 0 saturated carbocycles. The van der Waals surface area contributed by atoms with Crippen molar-refractivity contribution in [2.24, 2.45) is 0 Å². The quantitative estimate of drug-likeness (QED) is 0.578. The number of halogens is 3. The molecular formula is C18H27F3N4O3S2. The molecule has 30 heavy (non-hydrogen) atoms. The Morgan fingerprint density at radius 1 is 1.33 bits per heavy atom. The van der Waals surface area contributed by atoms with Crippen molar-refractivity contribution < 1.29 is 26.4 Å². The normalized spacial score (nSPS) is 17.0. The molecule has 1 atom stereocenters. The highest BCUT2D eigenvalue weighted by atomic mass is 32.2. The van der Waals surface area contributed by atoms with E-state index in [1.165, 1.54) is 24.8 Å². The van der Waals surface area contributed by atoms with Crippen molar-refractivity contribution in [2.75, 3.05) is 35.8 Å². The van der Waals surface area contributed by atoms with Gasteiger partial charge >= 0.3 is 6.18 Å². The molecule has 170 valence electrons. The second kappa shape index (κ2) is 10.7. The Morgan fingerprint density at radius 3 is 2.50 bits per heavy atom. The number of hydrogen-bond acceptors (Lipinski definition) is 6. The predicted molar refractivity (Wildman–Crippen MR) is 112 cm³/mol. The Labute approximate surface area is 179 Å². The number of sulfonamides is 1. The van der Waals surface area contributed by atoms with Crippen LogP contribution in [0.2, 0.25) is 0 Å². The van der Waals surface area contributed by atoms with Crippen molar-refractivity contribution in [3.05, 3.63) is 23.9 Å². The molecule has 1 aliphatic heterocycles. The number of piperidine rings is 1. The number of carbonyl (C=O) groups excluding carboxylic acids is 1. The van der Waals surface area contributed by atoms with Crippen LogP contribution in [0, 0.1) is 0 Å². The minimum absolute atomic E-state index is 0.103. The Kier molecular flexibility index (Phi) is 8.80. The molecule has 1 fully saturated rings. The summed E-state index contributed by atoms with van der Waals surface area (Å²) in [7, 11) is -3.51. The van der Waals surface area contributed by atoms with Gasteiger partial charge in [0.05, 0.1) is 11.3 Å². The SMILES string of the molecule is CCS(=O)(=O)NC(CCSC)C(=O)NC1CCN(c2ccc(C(F)(F)F)cn2)CC1. The third-order valence-corrected chi connectivity index (χ3v) is 6.92. The fourth-order valence-corrected chi connectivity index (χ4v) is 4.37. The van der Waals surface area contributed by atoms with Crippen LogP contribution in [0.5, 0.6) is 0 Å². The molecule has 1 amide bonds. The van der Waals surface area contributed by atoms with E-state index < -0.39 is 27.8 Å². The lowest BCUT2D eigenvalue weighted by Crippen LogP contribution is -2.52. The van der Waals surface area contributed by atoms with Gasteiger partial charge in [0.2, 0.25) is 15.9 Å². The van der Waals surface area contributed by atoms with Crippen LogP contribution in [-0.2, 0) is 21.0 Å². The van der Waals surface area contributed by atoms with Crippen LogP contribution in [0.3, 0.4) is 0 Å². The first-order valence-electron chi connectivity index (χ1n) is 9.63. The summed E-state index contributed by atoms with van der Waals surface area (Å²) in [4.78, 5) is 18.4. The zero-order valence-electron chi connectivity index (χ0n) is 16.9. The highest BCUT2D eigenvalue weighted by molar-refractivity contribution is 7.98. The third kappa shape index (κ3) is 7.31. The fraction of sp³-hybridized carbons (Fsp3) is 0.667. The molecule has 1 unspecified atom stereocenters. The van der Waals surface area contributed by atoms with Crippen molar-refractivity contribution in [1.82, 2.24) is 15.0 Å². The van der Waals surface area contributed by atoms with E-state index in [2.05, 4.69) is 15.0 Å². The monoisotopic (exact) mass is 468 g/mol. The molecule has 7 nitrogen and oxygen atoms in total. The number of hydrogen-bond donors (Lipinski definition) is 2. The van der Waals surface area contributed by atoms with E-state index in [4.69, 9.17) is 0 Å². The third-order valence-electron chi connectivity index (χ3n) is 4.87. The van der Waals surface area contributed by atoms with Gasteiger partial charge in [-0.2, -0.15) is 24.9 Å². The number of thioether (sulfide) groups is 1. The first-order chi connectivity index (χ1) is 14.1. The number of pyridine rings is 1. The summed E-state index contributed by atoms with van der Waals surface area (Å²) in [6.45, 7) is 2.57. The van der Waals surface area contributed by atoms with E-state index >= 15 is 0 Å². The van der Waals surface area contributed by atoms with Crippen molar-refractivity contribution in [3.63, 3.8) is 0 Å². The second-order valence-corrected chi connectivity index (χ2v) is 10.1. The number of rotatable bonds is 9. The van der Waals surface area contributed by atoms with Crippen molar-refractivity contribution >= 4 is 33.5 Å². The lowest BCUT2D eigenvalue weighted by molar-refractivity contribution is -0.137. The molecule has 0 radical (unpaired) electrons. The van der Waals surface area contributed by atoms with Gasteiger partial charge in [-0.3, -0.25) is 4.79 Å². The lowest BCUT2D eigenvalue weighted by Gasteiger charge is -2.34. The first kappa shape index (κ1) is 24.7. The van der Waals surface area contributed by atoms with Gasteiger partial charge in [-0.1, -0.05) is 0 Å². The average Bonchev–Trinajstić information content (AvgIpc) is 2.71. The smallest absolute Gasteiger partial charge is 0.356 e. The summed E-state index contributed by atoms with van der Waals surface area (Å²) in [5, 5.41) is 2.90. The van der Waals surface area contributed by atoms with E-state index in [9.17, 15) is 26.4 Å². The van der Waals surface area contributed by atoms with Crippen molar-refractivity contribution in [1.29, 1.82) is 0 Å². The van der Waals surface area contributed by atoms with Crippen molar-refractivity contribution in [2.45, 2.75) is 44.4 Å². The molecule has 1 aromatic rings. The summed E-state index contributed by atoms with van der Waals surface area (Å²) >= 11 is 1.53. The first-order valence-corrected chi connectivity index (χ1v) is 12.7. The maximum Gasteiger partial charge on any atom is 0.417 e. The molecule has 0 bridgehead atoms. The number of aromatic nitrogens is 1. The molecule has 1 aliphatic rings. The standard InChI is InChI=1S/C18H27F3N4O3S2/c1-3-30(27,28)24-15(8-11-29-2)17(26)23-14-6-9-25(10-7-14)16-5-4-13(12-22-16)18(19,20)21/h4-5,12,14-15,24H,3,6-11H2,1-2H3,(H,23,26). The highest BCUT2D eigenvalue weighted by Crippen LogP contribution is 2.29. The van der Waals surface area contributed by atoms with Crippen LogP contribution in [0.4, 0.5) is 19.0 Å². The zero-order chi connectivity index (χ0) is 22.4. The molecule has 1 saturated heterocycles. The second-order valence-electron chi connectivity index (χ2n) is 7.03. The molecule has 2 heterocycles. The van der Waals surface area contributed by atoms with E-state index in [-0.39, 0.29) is 17.7 Å². The van der Waals surface area contributed by atoms with Crippen LogP contribution < -0.4 is 14.9 Å². The van der Waals surface area contributed by atoms with Gasteiger partial charge in [-0.15, -0.1) is 0 Å². The van der Waals surface area contributed by atoms with Crippen LogP contribution >= 0.6 is 11.8 Å². The van der Waals surface area contributed by atoms with Gasteiger partial charge < -0.3 is 10.2 Å². The molecular weight excluding hydrogens is 441 g/mol. The molecule has 0 spiro atoms. The number of amides is 1. The Hall–Kier alpha value is -1.53. The molecule has 0 aromatic carbocycles. The van der Waals surface area contributed by atoms with Crippen LogP contribution in [-0.4, -0.2) is 62.2 Å². The summed E-state index contributed by atoms with van der Waals surface area (Å²) in [5.41, 5.74) is -0.792. The van der Waals surface area contributed by atoms with E-state index in [1.807, 2.05) is 11.2 Å². The zero-order valence-corrected chi connectivity index (χ0v) is 18.5. The number of anilines is 1. The molecule has 2 N–H and O–H groups in total. The van der Waals surface area contributed by atoms with Gasteiger partial charge in [0, 0.05) is 25.3 Å². The summed E-state index contributed by atoms with van der Waals surface area (Å²) in [6, 6.07) is 1.40. The number of carbonyl (C=O) groups is 1. The van der Waals surface area contributed by atoms with Gasteiger partial charge in [-0.05, 0) is 50.3 Å². The Bertz CT molecular complexity index is 796. The highest BCUT2D eigenvalue weighted by Gasteiger charge is 2.31. The van der Waals surface area contributed by atoms with E-state index in [0.717, 1.165) is 12.3 Å². The number of alkyl halides is 3. The topological polar surface area (TPSA) is 91.4 Å². The van der Waals surface area contributed by atoms with Crippen LogP contribution in [0.1, 0.15) is 31.7 Å². The summed E-state index contributed by atoms with van der Waals surface area (Å²) in [6.07, 6.45) is -0.155. The number of nitrogens with one attached hydrogen (secondary N) is 2. The van der Waals surface area contributed by atoms with Gasteiger partial charge in [0.1, 0.15) is 11.9 Å². The minimum Gasteiger partial charge on any atom is -0.356 e. The molecule has 12 heteroatoms. The van der Waals surface area contributed by atoms with Crippen LogP contribution in [0.25, 0.3) is 0 Å². The number of nitrogens with zero attached hydrogens (tertiary/aromatic N) is 2. The Morgan fingerprint density at radius 2 is 2.00 bits per heavy atom.